The minimum absolute atomic E-state index is 0.107. The third kappa shape index (κ3) is 9.82. The van der Waals surface area contributed by atoms with Gasteiger partial charge in [-0.25, -0.2) is 14.0 Å². The number of allylic oxidation sites excluding steroid dienone is 1. The van der Waals surface area contributed by atoms with Gasteiger partial charge in [0.2, 0.25) is 5.78 Å². The van der Waals surface area contributed by atoms with Crippen LogP contribution in [0.2, 0.25) is 0 Å². The summed E-state index contributed by atoms with van der Waals surface area (Å²) in [6, 6.07) is 6.48. The second-order valence-electron chi connectivity index (χ2n) is 11.4. The maximum atomic E-state index is 14.7. The molecule has 236 valence electrons. The molecule has 0 aliphatic carbocycles. The molecule has 1 amide bonds. The van der Waals surface area contributed by atoms with Gasteiger partial charge in [-0.2, -0.15) is 0 Å². The van der Waals surface area contributed by atoms with Gasteiger partial charge in [-0.15, -0.1) is 0 Å². The van der Waals surface area contributed by atoms with Crippen LogP contribution in [-0.4, -0.2) is 65.1 Å². The normalized spacial score (nSPS) is 15.8. The number of hydrogen-bond donors (Lipinski definition) is 0. The third-order valence-corrected chi connectivity index (χ3v) is 7.11. The molecule has 1 aromatic heterocycles. The Morgan fingerprint density at radius 1 is 1.16 bits per heavy atom. The zero-order valence-corrected chi connectivity index (χ0v) is 25.5. The van der Waals surface area contributed by atoms with E-state index in [1.54, 1.807) is 25.4 Å². The lowest BCUT2D eigenvalue weighted by molar-refractivity contribution is -0.165. The fourth-order valence-corrected chi connectivity index (χ4v) is 4.74. The number of esters is 2. The number of halogens is 1. The summed E-state index contributed by atoms with van der Waals surface area (Å²) in [6.07, 6.45) is 7.29. The number of aryl methyl sites for hydroxylation is 1. The number of nitrogens with zero attached hydrogens (tertiary/aromatic N) is 2. The molecule has 0 bridgehead atoms. The van der Waals surface area contributed by atoms with E-state index in [0.29, 0.717) is 24.8 Å². The highest BCUT2D eigenvalue weighted by Crippen LogP contribution is 2.31. The number of carbonyl (C=O) groups excluding carboxylic acids is 5. The highest BCUT2D eigenvalue weighted by Gasteiger charge is 2.42. The molecule has 2 atom stereocenters. The van der Waals surface area contributed by atoms with Crippen LogP contribution < -0.4 is 4.74 Å². The molecule has 1 aromatic carbocycles. The summed E-state index contributed by atoms with van der Waals surface area (Å²) in [5, 5.41) is 0. The third-order valence-electron chi connectivity index (χ3n) is 7.11. The van der Waals surface area contributed by atoms with Crippen molar-refractivity contribution in [2.75, 3.05) is 19.8 Å². The molecule has 0 N–H and O–H groups in total. The van der Waals surface area contributed by atoms with Crippen LogP contribution in [-0.2, 0) is 39.9 Å². The SMILES string of the molecule is C/C=C\C(=O)OCC(C)(C)C(=O)C(=O)N1CCCC[C@H]1C(=O)O[C@H](CCc1cccnc1)c1cc(F)cc(OCC(C)=O)c1. The zero-order chi connectivity index (χ0) is 32.3. The fourth-order valence-electron chi connectivity index (χ4n) is 4.74. The molecular formula is C33H39FN2O8. The summed E-state index contributed by atoms with van der Waals surface area (Å²) in [5.41, 5.74) is -0.144. The van der Waals surface area contributed by atoms with Gasteiger partial charge < -0.3 is 19.1 Å². The summed E-state index contributed by atoms with van der Waals surface area (Å²) in [7, 11) is 0. The number of carbonyl (C=O) groups is 5. The van der Waals surface area contributed by atoms with Crippen molar-refractivity contribution in [2.45, 2.75) is 71.9 Å². The molecule has 2 heterocycles. The van der Waals surface area contributed by atoms with E-state index in [4.69, 9.17) is 14.2 Å². The number of hydrogen-bond acceptors (Lipinski definition) is 9. The first-order chi connectivity index (χ1) is 20.9. The largest absolute Gasteiger partial charge is 0.486 e. The maximum Gasteiger partial charge on any atom is 0.330 e. The Bertz CT molecular complexity index is 1380. The molecule has 0 saturated carbocycles. The molecule has 1 aliphatic rings. The number of ether oxygens (including phenoxy) is 3. The molecule has 0 spiro atoms. The van der Waals surface area contributed by atoms with Crippen LogP contribution in [0, 0.1) is 11.2 Å². The molecule has 0 radical (unpaired) electrons. The van der Waals surface area contributed by atoms with E-state index in [9.17, 15) is 28.4 Å². The van der Waals surface area contributed by atoms with Crippen LogP contribution in [0.4, 0.5) is 4.39 Å². The first kappa shape index (κ1) is 34.1. The quantitative estimate of drug-likeness (QED) is 0.172. The molecule has 1 aliphatic heterocycles. The van der Waals surface area contributed by atoms with E-state index in [1.807, 2.05) is 6.07 Å². The van der Waals surface area contributed by atoms with Gasteiger partial charge in [-0.3, -0.25) is 19.4 Å². The summed E-state index contributed by atoms with van der Waals surface area (Å²) < 4.78 is 31.1. The van der Waals surface area contributed by atoms with E-state index in [2.05, 4.69) is 4.98 Å². The Balaban J connectivity index is 1.82. The Kier molecular flexibility index (Phi) is 12.3. The van der Waals surface area contributed by atoms with Crippen molar-refractivity contribution in [3.8, 4) is 5.75 Å². The van der Waals surface area contributed by atoms with E-state index >= 15 is 0 Å². The average Bonchev–Trinajstić information content (AvgIpc) is 3.00. The molecular weight excluding hydrogens is 571 g/mol. The second-order valence-corrected chi connectivity index (χ2v) is 11.4. The number of rotatable bonds is 14. The van der Waals surface area contributed by atoms with Crippen LogP contribution in [0.1, 0.15) is 70.6 Å². The number of ketones is 2. The van der Waals surface area contributed by atoms with E-state index in [1.165, 1.54) is 50.0 Å². The standard InChI is InChI=1S/C33H39FN2O8/c1-5-9-29(38)43-21-33(3,4)30(39)31(40)36-15-7-6-11-27(36)32(41)44-28(13-12-23-10-8-14-35-19-23)24-16-25(34)18-26(17-24)42-20-22(2)37/h5,8-10,14,16-19,27-28H,6-7,11-13,15,20-21H2,1-4H3/b9-5-/t27-,28+/m0/s1. The summed E-state index contributed by atoms with van der Waals surface area (Å²) in [6.45, 7) is 5.60. The van der Waals surface area contributed by atoms with Gasteiger partial charge in [0.1, 0.15) is 36.9 Å². The van der Waals surface area contributed by atoms with Crippen molar-refractivity contribution in [1.29, 1.82) is 0 Å². The number of benzene rings is 1. The van der Waals surface area contributed by atoms with Crippen molar-refractivity contribution in [1.82, 2.24) is 9.88 Å². The lowest BCUT2D eigenvalue weighted by Crippen LogP contribution is -2.53. The number of likely N-dealkylation sites (tertiary alicyclic amines) is 1. The Morgan fingerprint density at radius 3 is 2.61 bits per heavy atom. The van der Waals surface area contributed by atoms with Crippen molar-refractivity contribution in [3.63, 3.8) is 0 Å². The predicted molar refractivity (Wildman–Crippen MR) is 158 cm³/mol. The predicted octanol–water partition coefficient (Wildman–Crippen LogP) is 4.50. The van der Waals surface area contributed by atoms with Crippen LogP contribution in [0.3, 0.4) is 0 Å². The van der Waals surface area contributed by atoms with Gasteiger partial charge in [-0.05, 0) is 89.1 Å². The molecule has 0 unspecified atom stereocenters. The van der Waals surface area contributed by atoms with Gasteiger partial charge in [0.05, 0.1) is 5.41 Å². The van der Waals surface area contributed by atoms with E-state index in [-0.39, 0.29) is 44.1 Å². The molecule has 10 nitrogen and oxygen atoms in total. The van der Waals surface area contributed by atoms with Crippen molar-refractivity contribution in [2.24, 2.45) is 5.41 Å². The number of pyridine rings is 1. The molecule has 2 aromatic rings. The molecule has 3 rings (SSSR count). The first-order valence-electron chi connectivity index (χ1n) is 14.6. The van der Waals surface area contributed by atoms with Crippen LogP contribution in [0.25, 0.3) is 0 Å². The van der Waals surface area contributed by atoms with Gasteiger partial charge >= 0.3 is 11.9 Å². The van der Waals surface area contributed by atoms with Gasteiger partial charge in [0, 0.05) is 31.1 Å². The highest BCUT2D eigenvalue weighted by molar-refractivity contribution is 6.38. The van der Waals surface area contributed by atoms with Crippen molar-refractivity contribution in [3.05, 3.63) is 71.8 Å². The topological polar surface area (TPSA) is 129 Å². The van der Waals surface area contributed by atoms with Crippen LogP contribution in [0.5, 0.6) is 5.75 Å². The fraction of sp³-hybridized carbons (Fsp3) is 0.455. The van der Waals surface area contributed by atoms with Crippen molar-refractivity contribution < 1.29 is 42.6 Å². The smallest absolute Gasteiger partial charge is 0.330 e. The second kappa shape index (κ2) is 15.9. The Labute approximate surface area is 256 Å². The molecule has 1 saturated heterocycles. The lowest BCUT2D eigenvalue weighted by Gasteiger charge is -2.36. The number of aromatic nitrogens is 1. The summed E-state index contributed by atoms with van der Waals surface area (Å²) in [5.74, 6) is -3.80. The van der Waals surface area contributed by atoms with Gasteiger partial charge in [0.15, 0.2) is 5.78 Å². The Hall–Kier alpha value is -4.41. The molecule has 1 fully saturated rings. The van der Waals surface area contributed by atoms with Crippen LogP contribution >= 0.6 is 0 Å². The number of piperidine rings is 1. The van der Waals surface area contributed by atoms with Gasteiger partial charge in [-0.1, -0.05) is 12.1 Å². The summed E-state index contributed by atoms with van der Waals surface area (Å²) in [4.78, 5) is 68.9. The van der Waals surface area contributed by atoms with E-state index in [0.717, 1.165) is 11.6 Å². The number of amides is 1. The first-order valence-corrected chi connectivity index (χ1v) is 14.6. The molecule has 11 heteroatoms. The number of Topliss-reactive ketones (excluding diaryl/α,β-unsaturated/α-hetero) is 2. The zero-order valence-electron chi connectivity index (χ0n) is 25.5. The lowest BCUT2D eigenvalue weighted by atomic mass is 9.87. The van der Waals surface area contributed by atoms with Gasteiger partial charge in [0.25, 0.3) is 5.91 Å². The molecule has 44 heavy (non-hydrogen) atoms. The van der Waals surface area contributed by atoms with Crippen molar-refractivity contribution >= 4 is 29.4 Å². The summed E-state index contributed by atoms with van der Waals surface area (Å²) >= 11 is 0. The minimum Gasteiger partial charge on any atom is -0.486 e. The Morgan fingerprint density at radius 2 is 1.93 bits per heavy atom. The van der Waals surface area contributed by atoms with E-state index < -0.39 is 47.0 Å². The average molecular weight is 611 g/mol. The monoisotopic (exact) mass is 610 g/mol. The van der Waals surface area contributed by atoms with Crippen LogP contribution in [0.15, 0.2) is 54.9 Å². The maximum absolute atomic E-state index is 14.7. The minimum atomic E-state index is -1.33. The highest BCUT2D eigenvalue weighted by atomic mass is 19.1.